The second-order valence-electron chi connectivity index (χ2n) is 6.90. The van der Waals surface area contributed by atoms with Gasteiger partial charge in [-0.1, -0.05) is 36.4 Å². The normalized spacial score (nSPS) is 10.7. The number of carbonyl (C=O) groups excluding carboxylic acids is 2. The number of para-hydroxylation sites is 1. The molecule has 7 nitrogen and oxygen atoms in total. The molecule has 0 unspecified atom stereocenters. The molecule has 0 spiro atoms. The maximum Gasteiger partial charge on any atom is 0.325 e. The van der Waals surface area contributed by atoms with Crippen LogP contribution >= 0.6 is 0 Å². The highest BCUT2D eigenvalue weighted by Crippen LogP contribution is 2.13. The summed E-state index contributed by atoms with van der Waals surface area (Å²) in [5, 5.41) is 0.457. The Morgan fingerprint density at radius 2 is 1.79 bits per heavy atom. The minimum atomic E-state index is -0.522. The van der Waals surface area contributed by atoms with E-state index in [4.69, 9.17) is 4.74 Å². The maximum absolute atomic E-state index is 13.0. The quantitative estimate of drug-likeness (QED) is 0.600. The Balaban J connectivity index is 1.89. The molecule has 3 rings (SSSR count). The fourth-order valence-electron chi connectivity index (χ4n) is 3.14. The van der Waals surface area contributed by atoms with Gasteiger partial charge in [0.1, 0.15) is 13.1 Å². The van der Waals surface area contributed by atoms with Crippen LogP contribution in [0.1, 0.15) is 16.7 Å². The Labute approximate surface area is 168 Å². The molecule has 0 aliphatic carbocycles. The zero-order valence-electron chi connectivity index (χ0n) is 16.7. The summed E-state index contributed by atoms with van der Waals surface area (Å²) in [6.45, 7) is 3.66. The van der Waals surface area contributed by atoms with E-state index in [2.05, 4.69) is 4.98 Å². The maximum atomic E-state index is 13.0. The van der Waals surface area contributed by atoms with E-state index in [0.717, 1.165) is 16.7 Å². The lowest BCUT2D eigenvalue weighted by atomic mass is 10.1. The number of methoxy groups -OCH3 is 1. The molecule has 0 N–H and O–H groups in total. The Bertz CT molecular complexity index is 1120. The molecule has 0 aliphatic rings. The number of amides is 1. The molecule has 0 radical (unpaired) electrons. The van der Waals surface area contributed by atoms with Crippen LogP contribution in [-0.4, -0.2) is 40.0 Å². The van der Waals surface area contributed by atoms with Crippen molar-refractivity contribution in [2.24, 2.45) is 0 Å². The van der Waals surface area contributed by atoms with Gasteiger partial charge in [0.25, 0.3) is 5.56 Å². The Hall–Kier alpha value is -3.48. The zero-order valence-corrected chi connectivity index (χ0v) is 16.7. The van der Waals surface area contributed by atoms with Crippen molar-refractivity contribution in [2.45, 2.75) is 26.9 Å². The number of benzene rings is 2. The minimum Gasteiger partial charge on any atom is -0.468 e. The number of carbonyl (C=O) groups is 2. The SMILES string of the molecule is COC(=O)CN(Cc1ccccc1C)C(=O)Cn1cnc2c(C)cccc2c1=O. The first-order valence-electron chi connectivity index (χ1n) is 9.24. The second kappa shape index (κ2) is 8.68. The summed E-state index contributed by atoms with van der Waals surface area (Å²) in [6.07, 6.45) is 1.37. The summed E-state index contributed by atoms with van der Waals surface area (Å²) in [5.74, 6) is -0.888. The average molecular weight is 393 g/mol. The smallest absolute Gasteiger partial charge is 0.325 e. The van der Waals surface area contributed by atoms with Gasteiger partial charge in [-0.25, -0.2) is 4.98 Å². The van der Waals surface area contributed by atoms with Gasteiger partial charge in [0.05, 0.1) is 24.3 Å². The van der Waals surface area contributed by atoms with Crippen LogP contribution in [0.25, 0.3) is 10.9 Å². The predicted molar refractivity (Wildman–Crippen MR) is 109 cm³/mol. The number of aromatic nitrogens is 2. The van der Waals surface area contributed by atoms with Gasteiger partial charge in [0.15, 0.2) is 0 Å². The van der Waals surface area contributed by atoms with Crippen molar-refractivity contribution < 1.29 is 14.3 Å². The van der Waals surface area contributed by atoms with Gasteiger partial charge in [-0.2, -0.15) is 0 Å². The largest absolute Gasteiger partial charge is 0.468 e. The van der Waals surface area contributed by atoms with Crippen molar-refractivity contribution >= 4 is 22.8 Å². The third-order valence-corrected chi connectivity index (χ3v) is 4.88. The van der Waals surface area contributed by atoms with Crippen LogP contribution in [0.3, 0.4) is 0 Å². The minimum absolute atomic E-state index is 0.196. The third kappa shape index (κ3) is 4.51. The molecule has 1 aromatic heterocycles. The lowest BCUT2D eigenvalue weighted by Crippen LogP contribution is -2.39. The number of ether oxygens (including phenoxy) is 1. The Kier molecular flexibility index (Phi) is 6.07. The van der Waals surface area contributed by atoms with Gasteiger partial charge in [0, 0.05) is 6.54 Å². The number of hydrogen-bond acceptors (Lipinski definition) is 5. The zero-order chi connectivity index (χ0) is 21.0. The van der Waals surface area contributed by atoms with Gasteiger partial charge >= 0.3 is 5.97 Å². The summed E-state index contributed by atoms with van der Waals surface area (Å²) >= 11 is 0. The van der Waals surface area contributed by atoms with Crippen LogP contribution in [-0.2, 0) is 27.4 Å². The highest BCUT2D eigenvalue weighted by Gasteiger charge is 2.20. The van der Waals surface area contributed by atoms with E-state index in [1.54, 1.807) is 12.1 Å². The van der Waals surface area contributed by atoms with Gasteiger partial charge in [-0.3, -0.25) is 19.0 Å². The summed E-state index contributed by atoms with van der Waals surface area (Å²) < 4.78 is 6.00. The number of nitrogens with zero attached hydrogens (tertiary/aromatic N) is 3. The Morgan fingerprint density at radius 3 is 2.52 bits per heavy atom. The summed E-state index contributed by atoms with van der Waals surface area (Å²) in [7, 11) is 1.28. The van der Waals surface area contributed by atoms with Crippen LogP contribution in [0.15, 0.2) is 53.6 Å². The third-order valence-electron chi connectivity index (χ3n) is 4.88. The van der Waals surface area contributed by atoms with Gasteiger partial charge in [-0.05, 0) is 36.6 Å². The van der Waals surface area contributed by atoms with Crippen LogP contribution in [0.4, 0.5) is 0 Å². The predicted octanol–water partition coefficient (Wildman–Crippen LogP) is 2.22. The molecular weight excluding hydrogens is 370 g/mol. The van der Waals surface area contributed by atoms with Gasteiger partial charge < -0.3 is 9.64 Å². The number of fused-ring (bicyclic) bond motifs is 1. The van der Waals surface area contributed by atoms with E-state index >= 15 is 0 Å². The van der Waals surface area contributed by atoms with Crippen LogP contribution in [0.2, 0.25) is 0 Å². The number of esters is 1. The molecule has 29 heavy (non-hydrogen) atoms. The summed E-state index contributed by atoms with van der Waals surface area (Å²) in [4.78, 5) is 43.3. The van der Waals surface area contributed by atoms with Gasteiger partial charge in [-0.15, -0.1) is 0 Å². The first kappa shape index (κ1) is 20.3. The first-order chi connectivity index (χ1) is 13.9. The van der Waals surface area contributed by atoms with Crippen molar-refractivity contribution in [2.75, 3.05) is 13.7 Å². The molecule has 0 fully saturated rings. The van der Waals surface area contributed by atoms with Crippen molar-refractivity contribution in [3.8, 4) is 0 Å². The molecule has 0 saturated carbocycles. The van der Waals surface area contributed by atoms with Gasteiger partial charge in [0.2, 0.25) is 5.91 Å². The number of hydrogen-bond donors (Lipinski definition) is 0. The van der Waals surface area contributed by atoms with E-state index in [9.17, 15) is 14.4 Å². The molecule has 0 bridgehead atoms. The molecule has 150 valence electrons. The average Bonchev–Trinajstić information content (AvgIpc) is 2.71. The molecule has 3 aromatic rings. The summed E-state index contributed by atoms with van der Waals surface area (Å²) in [5.41, 5.74) is 3.15. The molecule has 0 saturated heterocycles. The highest BCUT2D eigenvalue weighted by atomic mass is 16.5. The Morgan fingerprint density at radius 1 is 1.07 bits per heavy atom. The lowest BCUT2D eigenvalue weighted by molar-refractivity contribution is -0.147. The topological polar surface area (TPSA) is 81.5 Å². The van der Waals surface area contributed by atoms with E-state index in [1.165, 1.54) is 22.9 Å². The van der Waals surface area contributed by atoms with E-state index in [1.807, 2.05) is 44.2 Å². The molecule has 2 aromatic carbocycles. The monoisotopic (exact) mass is 393 g/mol. The summed E-state index contributed by atoms with van der Waals surface area (Å²) in [6, 6.07) is 13.0. The number of rotatable bonds is 6. The second-order valence-corrected chi connectivity index (χ2v) is 6.90. The number of aryl methyl sites for hydroxylation is 2. The standard InChI is InChI=1S/C22H23N3O4/c1-15-7-4-5-9-17(15)11-24(13-20(27)29-3)19(26)12-25-14-23-21-16(2)8-6-10-18(21)22(25)28/h4-10,14H,11-13H2,1-3H3. The fraction of sp³-hybridized carbons (Fsp3) is 0.273. The highest BCUT2D eigenvalue weighted by molar-refractivity contribution is 5.83. The fourth-order valence-corrected chi connectivity index (χ4v) is 3.14. The molecule has 1 heterocycles. The van der Waals surface area contributed by atoms with E-state index < -0.39 is 5.97 Å². The molecule has 0 aliphatic heterocycles. The van der Waals surface area contributed by atoms with Crippen molar-refractivity contribution in [3.63, 3.8) is 0 Å². The van der Waals surface area contributed by atoms with Crippen molar-refractivity contribution in [1.29, 1.82) is 0 Å². The van der Waals surface area contributed by atoms with Crippen molar-refractivity contribution in [1.82, 2.24) is 14.5 Å². The van der Waals surface area contributed by atoms with Crippen molar-refractivity contribution in [3.05, 3.63) is 75.8 Å². The first-order valence-corrected chi connectivity index (χ1v) is 9.24. The van der Waals surface area contributed by atoms with Crippen LogP contribution in [0, 0.1) is 13.8 Å². The van der Waals surface area contributed by atoms with E-state index in [0.29, 0.717) is 10.9 Å². The van der Waals surface area contributed by atoms with Crippen LogP contribution < -0.4 is 5.56 Å². The molecule has 0 atom stereocenters. The lowest BCUT2D eigenvalue weighted by Gasteiger charge is -2.23. The van der Waals surface area contributed by atoms with E-state index in [-0.39, 0.29) is 31.1 Å². The van der Waals surface area contributed by atoms with Crippen LogP contribution in [0.5, 0.6) is 0 Å². The molecular formula is C22H23N3O4. The molecule has 7 heteroatoms. The molecule has 1 amide bonds.